The number of aliphatic imine (C=N–C) groups is 1. The second-order valence-corrected chi connectivity index (χ2v) is 6.58. The molecule has 0 radical (unpaired) electrons. The molecular formula is C21H27N2O3+. The van der Waals surface area contributed by atoms with E-state index in [1.807, 2.05) is 12.1 Å². The molecule has 0 unspecified atom stereocenters. The molecule has 1 saturated heterocycles. The van der Waals surface area contributed by atoms with E-state index in [-0.39, 0.29) is 11.8 Å². The highest BCUT2D eigenvalue weighted by Crippen LogP contribution is 2.25. The Balaban J connectivity index is 1.82. The predicted octanol–water partition coefficient (Wildman–Crippen LogP) is 2.25. The Bertz CT molecular complexity index is 755. The van der Waals surface area contributed by atoms with Crippen LogP contribution in [0.25, 0.3) is 0 Å². The van der Waals surface area contributed by atoms with Crippen LogP contribution in [0.4, 0.5) is 0 Å². The van der Waals surface area contributed by atoms with Crippen molar-refractivity contribution in [1.29, 1.82) is 0 Å². The van der Waals surface area contributed by atoms with Gasteiger partial charge in [-0.25, -0.2) is 0 Å². The molecule has 0 amide bonds. The molecular weight excluding hydrogens is 328 g/mol. The SMILES string of the molecule is COc1ccc(O)c(C=NC[C@@H](c2ccccc2OC)[NH+]2CCCC2)c1. The minimum absolute atomic E-state index is 0.205. The summed E-state index contributed by atoms with van der Waals surface area (Å²) >= 11 is 0. The third-order valence-electron chi connectivity index (χ3n) is 5.01. The van der Waals surface area contributed by atoms with Gasteiger partial charge in [0, 0.05) is 24.6 Å². The number of nitrogens with one attached hydrogen (secondary N) is 1. The molecule has 2 aromatic rings. The number of hydrogen-bond donors (Lipinski definition) is 2. The molecule has 0 spiro atoms. The largest absolute Gasteiger partial charge is 0.507 e. The molecule has 1 aliphatic heterocycles. The molecule has 0 saturated carbocycles. The molecule has 2 aromatic carbocycles. The lowest BCUT2D eigenvalue weighted by atomic mass is 10.0. The summed E-state index contributed by atoms with van der Waals surface area (Å²) in [5.41, 5.74) is 1.86. The number of rotatable bonds is 7. The maximum atomic E-state index is 10.0. The topological polar surface area (TPSA) is 55.5 Å². The maximum absolute atomic E-state index is 10.0. The smallest absolute Gasteiger partial charge is 0.136 e. The van der Waals surface area contributed by atoms with Gasteiger partial charge in [0.2, 0.25) is 0 Å². The van der Waals surface area contributed by atoms with Crippen molar-refractivity contribution in [2.75, 3.05) is 33.9 Å². The molecule has 5 nitrogen and oxygen atoms in total. The molecule has 1 fully saturated rings. The van der Waals surface area contributed by atoms with Gasteiger partial charge in [0.15, 0.2) is 0 Å². The normalized spacial score (nSPS) is 16.1. The zero-order chi connectivity index (χ0) is 18.4. The second kappa shape index (κ2) is 8.72. The number of nitrogens with zero attached hydrogens (tertiary/aromatic N) is 1. The highest BCUT2D eigenvalue weighted by molar-refractivity contribution is 5.84. The van der Waals surface area contributed by atoms with Crippen molar-refractivity contribution in [1.82, 2.24) is 0 Å². The van der Waals surface area contributed by atoms with Crippen molar-refractivity contribution in [3.05, 3.63) is 53.6 Å². The Morgan fingerprint density at radius 2 is 1.88 bits per heavy atom. The van der Waals surface area contributed by atoms with Crippen LogP contribution in [0.5, 0.6) is 17.2 Å². The van der Waals surface area contributed by atoms with Crippen LogP contribution in [-0.4, -0.2) is 45.2 Å². The van der Waals surface area contributed by atoms with E-state index in [1.54, 1.807) is 43.5 Å². The van der Waals surface area contributed by atoms with Crippen molar-refractivity contribution in [3.63, 3.8) is 0 Å². The number of ether oxygens (including phenoxy) is 2. The van der Waals surface area contributed by atoms with Gasteiger partial charge in [-0.15, -0.1) is 0 Å². The molecule has 3 rings (SSSR count). The standard InChI is InChI=1S/C21H26N2O3/c1-25-17-9-10-20(24)16(13-17)14-22-15-19(23-11-5-6-12-23)18-7-3-4-8-21(18)26-2/h3-4,7-10,13-14,19,24H,5-6,11-12,15H2,1-2H3/p+1/t19-/m0/s1. The lowest BCUT2D eigenvalue weighted by molar-refractivity contribution is -0.918. The molecule has 138 valence electrons. The van der Waals surface area contributed by atoms with Crippen molar-refractivity contribution < 1.29 is 19.5 Å². The summed E-state index contributed by atoms with van der Waals surface area (Å²) in [5, 5.41) is 10.0. The predicted molar refractivity (Wildman–Crippen MR) is 103 cm³/mol. The van der Waals surface area contributed by atoms with Gasteiger partial charge in [0.05, 0.1) is 39.4 Å². The monoisotopic (exact) mass is 355 g/mol. The van der Waals surface area contributed by atoms with Crippen molar-refractivity contribution in [3.8, 4) is 17.2 Å². The van der Waals surface area contributed by atoms with Crippen molar-refractivity contribution in [2.45, 2.75) is 18.9 Å². The molecule has 1 atom stereocenters. The van der Waals surface area contributed by atoms with Gasteiger partial charge in [-0.05, 0) is 30.3 Å². The number of aromatic hydroxyl groups is 1. The highest BCUT2D eigenvalue weighted by atomic mass is 16.5. The van der Waals surface area contributed by atoms with E-state index in [1.165, 1.54) is 18.4 Å². The van der Waals surface area contributed by atoms with Gasteiger partial charge in [-0.3, -0.25) is 4.99 Å². The zero-order valence-corrected chi connectivity index (χ0v) is 15.4. The number of phenols is 1. The summed E-state index contributed by atoms with van der Waals surface area (Å²) in [6, 6.07) is 13.6. The fourth-order valence-corrected chi connectivity index (χ4v) is 3.60. The molecule has 5 heteroatoms. The summed E-state index contributed by atoms with van der Waals surface area (Å²) in [5.74, 6) is 1.82. The summed E-state index contributed by atoms with van der Waals surface area (Å²) in [6.07, 6.45) is 4.23. The van der Waals surface area contributed by atoms with Crippen LogP contribution >= 0.6 is 0 Å². The number of methoxy groups -OCH3 is 2. The number of benzene rings is 2. The molecule has 0 aliphatic carbocycles. The van der Waals surface area contributed by atoms with Crippen LogP contribution < -0.4 is 14.4 Å². The van der Waals surface area contributed by atoms with E-state index < -0.39 is 0 Å². The van der Waals surface area contributed by atoms with E-state index in [2.05, 4.69) is 17.1 Å². The first kappa shape index (κ1) is 18.3. The summed E-state index contributed by atoms with van der Waals surface area (Å²) in [7, 11) is 3.33. The summed E-state index contributed by atoms with van der Waals surface area (Å²) < 4.78 is 10.8. The number of hydrogen-bond acceptors (Lipinski definition) is 4. The summed E-state index contributed by atoms with van der Waals surface area (Å²) in [6.45, 7) is 2.96. The first-order valence-corrected chi connectivity index (χ1v) is 9.07. The maximum Gasteiger partial charge on any atom is 0.136 e. The van der Waals surface area contributed by atoms with Crippen LogP contribution in [0.3, 0.4) is 0 Å². The van der Waals surface area contributed by atoms with Crippen LogP contribution in [-0.2, 0) is 0 Å². The third-order valence-corrected chi connectivity index (χ3v) is 5.01. The van der Waals surface area contributed by atoms with E-state index in [0.717, 1.165) is 18.8 Å². The highest BCUT2D eigenvalue weighted by Gasteiger charge is 2.29. The average Bonchev–Trinajstić information content (AvgIpc) is 3.21. The van der Waals surface area contributed by atoms with E-state index in [4.69, 9.17) is 9.47 Å². The van der Waals surface area contributed by atoms with Crippen molar-refractivity contribution in [2.24, 2.45) is 4.99 Å². The van der Waals surface area contributed by atoms with Gasteiger partial charge in [-0.1, -0.05) is 12.1 Å². The molecule has 2 N–H and O–H groups in total. The average molecular weight is 355 g/mol. The van der Waals surface area contributed by atoms with Gasteiger partial charge in [0.1, 0.15) is 23.3 Å². The van der Waals surface area contributed by atoms with Crippen LogP contribution in [0, 0.1) is 0 Å². The quantitative estimate of drug-likeness (QED) is 0.749. The number of phenolic OH excluding ortho intramolecular Hbond substituents is 1. The Morgan fingerprint density at radius 1 is 1.12 bits per heavy atom. The van der Waals surface area contributed by atoms with Gasteiger partial charge in [0.25, 0.3) is 0 Å². The minimum Gasteiger partial charge on any atom is -0.507 e. The minimum atomic E-state index is 0.205. The second-order valence-electron chi connectivity index (χ2n) is 6.58. The lowest BCUT2D eigenvalue weighted by Gasteiger charge is -2.25. The van der Waals surface area contributed by atoms with Crippen LogP contribution in [0.15, 0.2) is 47.5 Å². The first-order chi connectivity index (χ1) is 12.7. The lowest BCUT2D eigenvalue weighted by Crippen LogP contribution is -3.10. The Morgan fingerprint density at radius 3 is 2.62 bits per heavy atom. The molecule has 0 aromatic heterocycles. The number of para-hydroxylation sites is 1. The third kappa shape index (κ3) is 4.17. The van der Waals surface area contributed by atoms with Crippen LogP contribution in [0.1, 0.15) is 30.0 Å². The molecule has 1 aliphatic rings. The Kier molecular flexibility index (Phi) is 6.12. The number of likely N-dealkylation sites (tertiary alicyclic amines) is 1. The molecule has 1 heterocycles. The van der Waals surface area contributed by atoms with Gasteiger partial charge in [-0.2, -0.15) is 0 Å². The van der Waals surface area contributed by atoms with E-state index in [9.17, 15) is 5.11 Å². The zero-order valence-electron chi connectivity index (χ0n) is 15.4. The Labute approximate surface area is 154 Å². The van der Waals surface area contributed by atoms with Gasteiger partial charge >= 0.3 is 0 Å². The first-order valence-electron chi connectivity index (χ1n) is 9.07. The fourth-order valence-electron chi connectivity index (χ4n) is 3.60. The molecule has 0 bridgehead atoms. The molecule has 26 heavy (non-hydrogen) atoms. The van der Waals surface area contributed by atoms with E-state index in [0.29, 0.717) is 17.9 Å². The Hall–Kier alpha value is -2.53. The van der Waals surface area contributed by atoms with E-state index >= 15 is 0 Å². The number of quaternary nitrogens is 1. The summed E-state index contributed by atoms with van der Waals surface area (Å²) in [4.78, 5) is 6.20. The van der Waals surface area contributed by atoms with Gasteiger partial charge < -0.3 is 19.5 Å². The van der Waals surface area contributed by atoms with Crippen LogP contribution in [0.2, 0.25) is 0 Å². The fraction of sp³-hybridized carbons (Fsp3) is 0.381. The van der Waals surface area contributed by atoms with Crippen molar-refractivity contribution >= 4 is 6.21 Å².